The Kier molecular flexibility index (Phi) is 4.39. The minimum absolute atomic E-state index is 0.0476. The number of H-pyrrole nitrogens is 1. The molecule has 0 aliphatic heterocycles. The van der Waals surface area contributed by atoms with Crippen LogP contribution in [0.5, 0.6) is 0 Å². The van der Waals surface area contributed by atoms with Crippen LogP contribution < -0.4 is 5.32 Å². The number of amides is 1. The molecule has 0 spiro atoms. The number of nitrogens with one attached hydrogen (secondary N) is 2. The summed E-state index contributed by atoms with van der Waals surface area (Å²) in [4.78, 5) is 24.5. The van der Waals surface area contributed by atoms with Gasteiger partial charge in [0.25, 0.3) is 0 Å². The number of benzene rings is 1. The Balaban J connectivity index is 1.30. The lowest BCUT2D eigenvalue weighted by Crippen LogP contribution is -2.26. The number of aryl methyl sites for hydroxylation is 2. The lowest BCUT2D eigenvalue weighted by atomic mass is 10.2. The van der Waals surface area contributed by atoms with Crippen LogP contribution in [-0.2, 0) is 17.6 Å². The molecule has 0 radical (unpaired) electrons. The van der Waals surface area contributed by atoms with Crippen molar-refractivity contribution in [3.8, 4) is 0 Å². The maximum atomic E-state index is 12.2. The third kappa shape index (κ3) is 3.31. The van der Waals surface area contributed by atoms with Crippen LogP contribution in [0, 0.1) is 6.92 Å². The number of pyridine rings is 1. The summed E-state index contributed by atoms with van der Waals surface area (Å²) in [6.45, 7) is 2.56. The standard InChI is InChI=1S/C20H21N5O/c1-14-17(25-13-5-4-8-19(25)22-14)9-10-20(26)21-12-11-18-23-15-6-2-3-7-16(15)24-18/h2-8,13H,9-12H2,1H3,(H,21,26)(H,23,24). The zero-order valence-corrected chi connectivity index (χ0v) is 14.7. The normalized spacial score (nSPS) is 11.3. The van der Waals surface area contributed by atoms with Crippen LogP contribution in [-0.4, -0.2) is 31.8 Å². The summed E-state index contributed by atoms with van der Waals surface area (Å²) < 4.78 is 2.05. The molecule has 0 unspecified atom stereocenters. The van der Waals surface area contributed by atoms with Gasteiger partial charge in [-0.3, -0.25) is 4.79 Å². The third-order valence-electron chi connectivity index (χ3n) is 4.54. The lowest BCUT2D eigenvalue weighted by molar-refractivity contribution is -0.121. The van der Waals surface area contributed by atoms with E-state index >= 15 is 0 Å². The first kappa shape index (κ1) is 16.3. The van der Waals surface area contributed by atoms with Crippen molar-refractivity contribution in [1.29, 1.82) is 0 Å². The zero-order valence-electron chi connectivity index (χ0n) is 14.7. The van der Waals surface area contributed by atoms with Gasteiger partial charge in [0.05, 0.1) is 16.7 Å². The Morgan fingerprint density at radius 3 is 2.85 bits per heavy atom. The van der Waals surface area contributed by atoms with Gasteiger partial charge in [0, 0.05) is 31.3 Å². The van der Waals surface area contributed by atoms with Crippen LogP contribution in [0.15, 0.2) is 48.7 Å². The fourth-order valence-corrected chi connectivity index (χ4v) is 3.23. The highest BCUT2D eigenvalue weighted by molar-refractivity contribution is 5.76. The monoisotopic (exact) mass is 347 g/mol. The van der Waals surface area contributed by atoms with Crippen molar-refractivity contribution >= 4 is 22.6 Å². The van der Waals surface area contributed by atoms with Crippen LogP contribution in [0.1, 0.15) is 23.6 Å². The maximum absolute atomic E-state index is 12.2. The molecule has 2 N–H and O–H groups in total. The molecule has 0 aliphatic rings. The number of fused-ring (bicyclic) bond motifs is 2. The van der Waals surface area contributed by atoms with Crippen LogP contribution >= 0.6 is 0 Å². The molecule has 0 atom stereocenters. The molecule has 0 saturated carbocycles. The zero-order chi connectivity index (χ0) is 17.9. The molecule has 0 bridgehead atoms. The van der Waals surface area contributed by atoms with Crippen LogP contribution in [0.2, 0.25) is 0 Å². The predicted octanol–water partition coefficient (Wildman–Crippen LogP) is 2.81. The summed E-state index contributed by atoms with van der Waals surface area (Å²) in [6.07, 6.45) is 3.80. The second-order valence-corrected chi connectivity index (χ2v) is 6.37. The van der Waals surface area contributed by atoms with Crippen molar-refractivity contribution in [2.45, 2.75) is 26.2 Å². The molecule has 4 aromatic rings. The smallest absolute Gasteiger partial charge is 0.220 e. The number of nitrogens with zero attached hydrogens (tertiary/aromatic N) is 3. The van der Waals surface area contributed by atoms with Gasteiger partial charge in [-0.15, -0.1) is 0 Å². The lowest BCUT2D eigenvalue weighted by Gasteiger charge is -2.05. The Labute approximate surface area is 151 Å². The summed E-state index contributed by atoms with van der Waals surface area (Å²) in [5.74, 6) is 0.940. The molecule has 0 saturated heterocycles. The SMILES string of the molecule is Cc1nc2ccccn2c1CCC(=O)NCCc1nc2ccccc2[nH]1. The number of rotatable bonds is 6. The van der Waals surface area contributed by atoms with Crippen molar-refractivity contribution in [3.05, 3.63) is 65.9 Å². The summed E-state index contributed by atoms with van der Waals surface area (Å²) in [6, 6.07) is 13.9. The molecule has 1 aromatic carbocycles. The molecule has 3 heterocycles. The minimum atomic E-state index is 0.0476. The highest BCUT2D eigenvalue weighted by atomic mass is 16.1. The van der Waals surface area contributed by atoms with E-state index in [1.54, 1.807) is 0 Å². The van der Waals surface area contributed by atoms with Gasteiger partial charge in [-0.05, 0) is 37.6 Å². The molecule has 26 heavy (non-hydrogen) atoms. The van der Waals surface area contributed by atoms with E-state index in [0.717, 1.165) is 33.9 Å². The fourth-order valence-electron chi connectivity index (χ4n) is 3.23. The summed E-state index contributed by atoms with van der Waals surface area (Å²) in [5, 5.41) is 2.98. The van der Waals surface area contributed by atoms with E-state index in [1.165, 1.54) is 0 Å². The number of imidazole rings is 2. The first-order valence-corrected chi connectivity index (χ1v) is 8.83. The van der Waals surface area contributed by atoms with Crippen molar-refractivity contribution in [2.24, 2.45) is 0 Å². The van der Waals surface area contributed by atoms with Gasteiger partial charge in [-0.25, -0.2) is 9.97 Å². The van der Waals surface area contributed by atoms with Crippen LogP contribution in [0.4, 0.5) is 0 Å². The Morgan fingerprint density at radius 1 is 1.12 bits per heavy atom. The highest BCUT2D eigenvalue weighted by Crippen LogP contribution is 2.13. The average Bonchev–Trinajstić information content (AvgIpc) is 3.19. The Morgan fingerprint density at radius 2 is 1.96 bits per heavy atom. The molecule has 132 valence electrons. The van der Waals surface area contributed by atoms with Crippen molar-refractivity contribution in [3.63, 3.8) is 0 Å². The van der Waals surface area contributed by atoms with Gasteiger partial charge >= 0.3 is 0 Å². The van der Waals surface area contributed by atoms with Gasteiger partial charge in [0.1, 0.15) is 11.5 Å². The molecule has 3 aromatic heterocycles. The maximum Gasteiger partial charge on any atom is 0.220 e. The van der Waals surface area contributed by atoms with Crippen molar-refractivity contribution in [1.82, 2.24) is 24.7 Å². The number of carbonyl (C=O) groups excluding carboxylic acids is 1. The average molecular weight is 347 g/mol. The molecular formula is C20H21N5O. The van der Waals surface area contributed by atoms with Crippen LogP contribution in [0.3, 0.4) is 0 Å². The van der Waals surface area contributed by atoms with Crippen molar-refractivity contribution in [2.75, 3.05) is 6.54 Å². The highest BCUT2D eigenvalue weighted by Gasteiger charge is 2.10. The summed E-state index contributed by atoms with van der Waals surface area (Å²) in [5.41, 5.74) is 4.97. The molecule has 6 nitrogen and oxygen atoms in total. The number of carbonyl (C=O) groups is 1. The number of aromatic amines is 1. The number of para-hydroxylation sites is 2. The number of aromatic nitrogens is 4. The van der Waals surface area contributed by atoms with Gasteiger partial charge < -0.3 is 14.7 Å². The van der Waals surface area contributed by atoms with Gasteiger partial charge in [0.15, 0.2) is 0 Å². The van der Waals surface area contributed by atoms with E-state index in [4.69, 9.17) is 0 Å². The molecule has 6 heteroatoms. The molecule has 1 amide bonds. The third-order valence-corrected chi connectivity index (χ3v) is 4.54. The topological polar surface area (TPSA) is 75.1 Å². The van der Waals surface area contributed by atoms with E-state index in [2.05, 4.69) is 24.7 Å². The minimum Gasteiger partial charge on any atom is -0.356 e. The van der Waals surface area contributed by atoms with E-state index < -0.39 is 0 Å². The second-order valence-electron chi connectivity index (χ2n) is 6.37. The molecule has 0 fully saturated rings. The number of hydrogen-bond acceptors (Lipinski definition) is 3. The number of hydrogen-bond donors (Lipinski definition) is 2. The predicted molar refractivity (Wildman–Crippen MR) is 101 cm³/mol. The van der Waals surface area contributed by atoms with Crippen LogP contribution in [0.25, 0.3) is 16.7 Å². The molecule has 4 rings (SSSR count). The quantitative estimate of drug-likeness (QED) is 0.563. The fraction of sp³-hybridized carbons (Fsp3) is 0.250. The summed E-state index contributed by atoms with van der Waals surface area (Å²) >= 11 is 0. The second kappa shape index (κ2) is 7.00. The van der Waals surface area contributed by atoms with E-state index in [0.29, 0.717) is 25.8 Å². The molecular weight excluding hydrogens is 326 g/mol. The largest absolute Gasteiger partial charge is 0.356 e. The van der Waals surface area contributed by atoms with Gasteiger partial charge in [-0.1, -0.05) is 18.2 Å². The van der Waals surface area contributed by atoms with Crippen molar-refractivity contribution < 1.29 is 4.79 Å². The van der Waals surface area contributed by atoms with E-state index in [-0.39, 0.29) is 5.91 Å². The van der Waals surface area contributed by atoms with E-state index in [9.17, 15) is 4.79 Å². The van der Waals surface area contributed by atoms with Gasteiger partial charge in [0.2, 0.25) is 5.91 Å². The van der Waals surface area contributed by atoms with Gasteiger partial charge in [-0.2, -0.15) is 0 Å². The summed E-state index contributed by atoms with van der Waals surface area (Å²) in [7, 11) is 0. The first-order valence-electron chi connectivity index (χ1n) is 8.83. The van der Waals surface area contributed by atoms with E-state index in [1.807, 2.05) is 55.6 Å². The molecule has 0 aliphatic carbocycles. The Hall–Kier alpha value is -3.15. The first-order chi connectivity index (χ1) is 12.7. The Bertz CT molecular complexity index is 1030.